The Labute approximate surface area is 149 Å². The number of carbonyl (C=O) groups excluding carboxylic acids is 2. The van der Waals surface area contributed by atoms with Gasteiger partial charge in [-0.05, 0) is 43.9 Å². The molecule has 2 amide bonds. The van der Waals surface area contributed by atoms with Crippen LogP contribution in [0.25, 0.3) is 0 Å². The highest BCUT2D eigenvalue weighted by atomic mass is 35.5. The fraction of sp³-hybridized carbons (Fsp3) is 0.556. The molecule has 5 nitrogen and oxygen atoms in total. The van der Waals surface area contributed by atoms with Crippen molar-refractivity contribution >= 4 is 24.2 Å². The molecule has 0 radical (unpaired) electrons. The van der Waals surface area contributed by atoms with Crippen LogP contribution in [-0.4, -0.2) is 54.3 Å². The second-order valence-corrected chi connectivity index (χ2v) is 6.63. The molecule has 0 aromatic heterocycles. The molecule has 2 aliphatic heterocycles. The number of hydrogen-bond acceptors (Lipinski definition) is 3. The van der Waals surface area contributed by atoms with E-state index in [2.05, 4.69) is 0 Å². The van der Waals surface area contributed by atoms with E-state index in [1.54, 1.807) is 0 Å². The van der Waals surface area contributed by atoms with Crippen molar-refractivity contribution in [1.82, 2.24) is 9.80 Å². The van der Waals surface area contributed by atoms with E-state index in [1.807, 2.05) is 40.1 Å². The highest BCUT2D eigenvalue weighted by Crippen LogP contribution is 2.24. The first-order valence-electron chi connectivity index (χ1n) is 8.52. The van der Waals surface area contributed by atoms with Gasteiger partial charge in [0.1, 0.15) is 0 Å². The first-order valence-corrected chi connectivity index (χ1v) is 8.52. The Kier molecular flexibility index (Phi) is 6.63. The summed E-state index contributed by atoms with van der Waals surface area (Å²) < 4.78 is 0. The highest BCUT2D eigenvalue weighted by molar-refractivity contribution is 5.94. The molecule has 2 heterocycles. The van der Waals surface area contributed by atoms with Gasteiger partial charge in [-0.2, -0.15) is 0 Å². The van der Waals surface area contributed by atoms with Crippen LogP contribution in [0, 0.1) is 11.8 Å². The first kappa shape index (κ1) is 18.7. The highest BCUT2D eigenvalue weighted by Gasteiger charge is 2.34. The zero-order valence-electron chi connectivity index (χ0n) is 13.9. The number of piperidine rings is 1. The molecule has 2 unspecified atom stereocenters. The molecule has 2 N–H and O–H groups in total. The Balaban J connectivity index is 0.00000208. The van der Waals surface area contributed by atoms with Crippen LogP contribution >= 0.6 is 12.4 Å². The van der Waals surface area contributed by atoms with Crippen molar-refractivity contribution in [3.05, 3.63) is 35.9 Å². The monoisotopic (exact) mass is 351 g/mol. The molecule has 2 fully saturated rings. The molecule has 0 aliphatic carbocycles. The maximum absolute atomic E-state index is 12.7. The van der Waals surface area contributed by atoms with Crippen molar-refractivity contribution in [2.75, 3.05) is 32.7 Å². The zero-order valence-corrected chi connectivity index (χ0v) is 14.7. The quantitative estimate of drug-likeness (QED) is 0.902. The van der Waals surface area contributed by atoms with Gasteiger partial charge < -0.3 is 15.5 Å². The summed E-state index contributed by atoms with van der Waals surface area (Å²) in [7, 11) is 0. The number of nitrogens with zero attached hydrogens (tertiary/aromatic N) is 2. The number of benzene rings is 1. The average molecular weight is 352 g/mol. The Hall–Kier alpha value is -1.59. The summed E-state index contributed by atoms with van der Waals surface area (Å²) in [6, 6.07) is 9.31. The van der Waals surface area contributed by atoms with Gasteiger partial charge in [0.2, 0.25) is 5.91 Å². The van der Waals surface area contributed by atoms with Crippen LogP contribution < -0.4 is 5.73 Å². The number of amides is 2. The van der Waals surface area contributed by atoms with E-state index >= 15 is 0 Å². The molecule has 0 bridgehead atoms. The topological polar surface area (TPSA) is 66.6 Å². The van der Waals surface area contributed by atoms with Crippen LogP contribution in [0.5, 0.6) is 0 Å². The molecule has 132 valence electrons. The van der Waals surface area contributed by atoms with Gasteiger partial charge in [-0.3, -0.25) is 9.59 Å². The lowest BCUT2D eigenvalue weighted by Gasteiger charge is -2.34. The molecule has 2 aliphatic rings. The van der Waals surface area contributed by atoms with Gasteiger partial charge in [0.25, 0.3) is 5.91 Å². The Morgan fingerprint density at radius 1 is 1.04 bits per heavy atom. The lowest BCUT2D eigenvalue weighted by atomic mass is 9.96. The summed E-state index contributed by atoms with van der Waals surface area (Å²) >= 11 is 0. The number of carbonyl (C=O) groups is 2. The van der Waals surface area contributed by atoms with Crippen LogP contribution in [0.4, 0.5) is 0 Å². The molecule has 2 saturated heterocycles. The van der Waals surface area contributed by atoms with Crippen molar-refractivity contribution < 1.29 is 9.59 Å². The summed E-state index contributed by atoms with van der Waals surface area (Å²) in [5, 5.41) is 0. The maximum Gasteiger partial charge on any atom is 0.253 e. The van der Waals surface area contributed by atoms with Gasteiger partial charge in [0.15, 0.2) is 0 Å². The lowest BCUT2D eigenvalue weighted by Crippen LogP contribution is -2.46. The largest absolute Gasteiger partial charge is 0.342 e. The molecule has 1 aromatic rings. The van der Waals surface area contributed by atoms with Crippen molar-refractivity contribution in [1.29, 1.82) is 0 Å². The van der Waals surface area contributed by atoms with Crippen molar-refractivity contribution in [2.24, 2.45) is 17.6 Å². The second-order valence-electron chi connectivity index (χ2n) is 6.63. The number of likely N-dealkylation sites (tertiary alicyclic amines) is 2. The average Bonchev–Trinajstić information content (AvgIpc) is 3.10. The Bertz CT molecular complexity index is 567. The third kappa shape index (κ3) is 4.08. The second kappa shape index (κ2) is 8.49. The van der Waals surface area contributed by atoms with E-state index in [-0.39, 0.29) is 30.1 Å². The van der Waals surface area contributed by atoms with Gasteiger partial charge in [-0.25, -0.2) is 0 Å². The van der Waals surface area contributed by atoms with E-state index in [0.29, 0.717) is 24.6 Å². The predicted molar refractivity (Wildman–Crippen MR) is 96.1 cm³/mol. The van der Waals surface area contributed by atoms with E-state index in [4.69, 9.17) is 5.73 Å². The summed E-state index contributed by atoms with van der Waals surface area (Å²) in [6.45, 7) is 3.51. The molecular formula is C18H26ClN3O2. The Morgan fingerprint density at radius 2 is 1.79 bits per heavy atom. The van der Waals surface area contributed by atoms with Crippen LogP contribution in [0.3, 0.4) is 0 Å². The van der Waals surface area contributed by atoms with E-state index in [9.17, 15) is 9.59 Å². The van der Waals surface area contributed by atoms with Crippen molar-refractivity contribution in [3.63, 3.8) is 0 Å². The molecule has 3 rings (SSSR count). The fourth-order valence-corrected chi connectivity index (χ4v) is 3.61. The third-order valence-electron chi connectivity index (χ3n) is 5.01. The van der Waals surface area contributed by atoms with E-state index in [0.717, 1.165) is 38.9 Å². The minimum Gasteiger partial charge on any atom is -0.342 e. The minimum atomic E-state index is -0.0621. The Morgan fingerprint density at radius 3 is 2.46 bits per heavy atom. The normalized spacial score (nSPS) is 23.7. The van der Waals surface area contributed by atoms with Crippen molar-refractivity contribution in [2.45, 2.75) is 19.3 Å². The summed E-state index contributed by atoms with van der Waals surface area (Å²) in [6.07, 6.45) is 2.77. The fourth-order valence-electron chi connectivity index (χ4n) is 3.61. The van der Waals surface area contributed by atoms with Crippen LogP contribution in [0.1, 0.15) is 29.6 Å². The van der Waals surface area contributed by atoms with Crippen LogP contribution in [-0.2, 0) is 4.79 Å². The number of hydrogen-bond donors (Lipinski definition) is 1. The summed E-state index contributed by atoms with van der Waals surface area (Å²) in [5.41, 5.74) is 6.41. The van der Waals surface area contributed by atoms with Gasteiger partial charge >= 0.3 is 0 Å². The maximum atomic E-state index is 12.7. The van der Waals surface area contributed by atoms with Gasteiger partial charge in [-0.15, -0.1) is 12.4 Å². The summed E-state index contributed by atoms with van der Waals surface area (Å²) in [4.78, 5) is 29.1. The molecule has 0 saturated carbocycles. The zero-order chi connectivity index (χ0) is 16.2. The third-order valence-corrected chi connectivity index (χ3v) is 5.01. The number of halogens is 1. The van der Waals surface area contributed by atoms with E-state index < -0.39 is 0 Å². The first-order chi connectivity index (χ1) is 11.2. The molecular weight excluding hydrogens is 326 g/mol. The van der Waals surface area contributed by atoms with Crippen LogP contribution in [0.15, 0.2) is 30.3 Å². The standard InChI is InChI=1S/C18H25N3O2.ClH/c19-11-14-8-10-21(12-14)18(23)16-7-4-9-20(13-16)17(22)15-5-2-1-3-6-15;/h1-3,5-6,14,16H,4,7-13,19H2;1H. The summed E-state index contributed by atoms with van der Waals surface area (Å²) in [5.74, 6) is 0.605. The predicted octanol–water partition coefficient (Wildman–Crippen LogP) is 1.77. The number of rotatable bonds is 3. The molecule has 6 heteroatoms. The molecule has 24 heavy (non-hydrogen) atoms. The lowest BCUT2D eigenvalue weighted by molar-refractivity contribution is -0.136. The number of nitrogens with two attached hydrogens (primary N) is 1. The molecule has 0 spiro atoms. The molecule has 1 aromatic carbocycles. The van der Waals surface area contributed by atoms with Crippen molar-refractivity contribution in [3.8, 4) is 0 Å². The van der Waals surface area contributed by atoms with Gasteiger partial charge in [0, 0.05) is 31.7 Å². The minimum absolute atomic E-state index is 0. The SMILES string of the molecule is Cl.NCC1CCN(C(=O)C2CCCN(C(=O)c3ccccc3)C2)C1. The smallest absolute Gasteiger partial charge is 0.253 e. The van der Waals surface area contributed by atoms with E-state index in [1.165, 1.54) is 0 Å². The van der Waals surface area contributed by atoms with Gasteiger partial charge in [0.05, 0.1) is 5.92 Å². The van der Waals surface area contributed by atoms with Gasteiger partial charge in [-0.1, -0.05) is 18.2 Å². The molecule has 2 atom stereocenters. The van der Waals surface area contributed by atoms with Crippen LogP contribution in [0.2, 0.25) is 0 Å².